The van der Waals surface area contributed by atoms with Crippen molar-refractivity contribution >= 4 is 35.0 Å². The molecule has 122 valence electrons. The molecule has 1 amide bonds. The molecule has 0 spiro atoms. The molecule has 1 N–H and O–H groups in total. The Labute approximate surface area is 148 Å². The summed E-state index contributed by atoms with van der Waals surface area (Å²) in [5.74, 6) is 0.394. The summed E-state index contributed by atoms with van der Waals surface area (Å²) in [5.41, 5.74) is 2.46. The van der Waals surface area contributed by atoms with E-state index in [0.29, 0.717) is 21.8 Å². The zero-order valence-electron chi connectivity index (χ0n) is 12.8. The standard InChI is InChI=1S/C17H14ClN3O2S/c1-11-7-8-14(13(18)9-11)19-15(22)10-24-17-21-20-16(23-17)12-5-3-2-4-6-12/h2-9H,10H2,1H3,(H,19,22). The van der Waals surface area contributed by atoms with Crippen molar-refractivity contribution in [2.45, 2.75) is 12.1 Å². The SMILES string of the molecule is Cc1ccc(NC(=O)CSc2nnc(-c3ccccc3)o2)c(Cl)c1. The molecule has 5 nitrogen and oxygen atoms in total. The van der Waals surface area contributed by atoms with Crippen molar-refractivity contribution in [2.75, 3.05) is 11.1 Å². The van der Waals surface area contributed by atoms with E-state index in [2.05, 4.69) is 15.5 Å². The fourth-order valence-corrected chi connectivity index (χ4v) is 2.85. The van der Waals surface area contributed by atoms with Crippen LogP contribution in [0.2, 0.25) is 5.02 Å². The highest BCUT2D eigenvalue weighted by molar-refractivity contribution is 7.99. The van der Waals surface area contributed by atoms with Crippen molar-refractivity contribution in [3.05, 3.63) is 59.1 Å². The van der Waals surface area contributed by atoms with Crippen LogP contribution < -0.4 is 5.32 Å². The Morgan fingerprint density at radius 1 is 1.21 bits per heavy atom. The molecule has 0 aliphatic rings. The number of aromatic nitrogens is 2. The van der Waals surface area contributed by atoms with Crippen LogP contribution in [0.3, 0.4) is 0 Å². The first-order valence-electron chi connectivity index (χ1n) is 7.19. The number of halogens is 1. The Bertz CT molecular complexity index is 852. The zero-order chi connectivity index (χ0) is 16.9. The highest BCUT2D eigenvalue weighted by Crippen LogP contribution is 2.25. The molecule has 0 atom stereocenters. The van der Waals surface area contributed by atoms with E-state index in [1.165, 1.54) is 11.8 Å². The van der Waals surface area contributed by atoms with Gasteiger partial charge in [0.15, 0.2) is 0 Å². The highest BCUT2D eigenvalue weighted by Gasteiger charge is 2.12. The average Bonchev–Trinajstić information content (AvgIpc) is 3.05. The second kappa shape index (κ2) is 7.51. The molecule has 0 unspecified atom stereocenters. The minimum Gasteiger partial charge on any atom is -0.411 e. The topological polar surface area (TPSA) is 68.0 Å². The molecule has 3 rings (SSSR count). The van der Waals surface area contributed by atoms with Gasteiger partial charge in [0.2, 0.25) is 11.8 Å². The molecule has 0 bridgehead atoms. The first-order chi connectivity index (χ1) is 11.6. The molecule has 1 aromatic heterocycles. The minimum absolute atomic E-state index is 0.153. The smallest absolute Gasteiger partial charge is 0.277 e. The van der Waals surface area contributed by atoms with Gasteiger partial charge in [0.1, 0.15) is 0 Å². The van der Waals surface area contributed by atoms with Crippen molar-refractivity contribution in [1.82, 2.24) is 10.2 Å². The third-order valence-electron chi connectivity index (χ3n) is 3.15. The summed E-state index contributed by atoms with van der Waals surface area (Å²) in [6.07, 6.45) is 0. The molecular formula is C17H14ClN3O2S. The predicted molar refractivity (Wildman–Crippen MR) is 95.3 cm³/mol. The molecule has 0 fully saturated rings. The number of carbonyl (C=O) groups excluding carboxylic acids is 1. The van der Waals surface area contributed by atoms with E-state index in [9.17, 15) is 4.79 Å². The summed E-state index contributed by atoms with van der Waals surface area (Å²) in [6.45, 7) is 1.94. The second-order valence-corrected chi connectivity index (χ2v) is 6.39. The lowest BCUT2D eigenvalue weighted by atomic mass is 10.2. The number of rotatable bonds is 5. The van der Waals surface area contributed by atoms with Crippen LogP contribution in [0.25, 0.3) is 11.5 Å². The summed E-state index contributed by atoms with van der Waals surface area (Å²) in [5, 5.41) is 11.5. The van der Waals surface area contributed by atoms with Crippen molar-refractivity contribution in [2.24, 2.45) is 0 Å². The number of hydrogen-bond donors (Lipinski definition) is 1. The molecule has 24 heavy (non-hydrogen) atoms. The van der Waals surface area contributed by atoms with Gasteiger partial charge >= 0.3 is 0 Å². The Kier molecular flexibility index (Phi) is 5.17. The maximum atomic E-state index is 12.0. The normalized spacial score (nSPS) is 10.6. The lowest BCUT2D eigenvalue weighted by molar-refractivity contribution is -0.113. The van der Waals surface area contributed by atoms with Gasteiger partial charge in [0.05, 0.1) is 16.5 Å². The lowest BCUT2D eigenvalue weighted by Crippen LogP contribution is -2.14. The molecular weight excluding hydrogens is 346 g/mol. The zero-order valence-corrected chi connectivity index (χ0v) is 14.4. The van der Waals surface area contributed by atoms with Crippen LogP contribution in [0, 0.1) is 6.92 Å². The minimum atomic E-state index is -0.190. The first-order valence-corrected chi connectivity index (χ1v) is 8.56. The summed E-state index contributed by atoms with van der Waals surface area (Å²) in [6, 6.07) is 14.9. The van der Waals surface area contributed by atoms with Gasteiger partial charge in [-0.25, -0.2) is 0 Å². The Balaban J connectivity index is 1.58. The monoisotopic (exact) mass is 359 g/mol. The number of carbonyl (C=O) groups is 1. The summed E-state index contributed by atoms with van der Waals surface area (Å²) in [4.78, 5) is 12.0. The van der Waals surface area contributed by atoms with Gasteiger partial charge in [-0.15, -0.1) is 10.2 Å². The molecule has 0 aliphatic carbocycles. The van der Waals surface area contributed by atoms with E-state index in [0.717, 1.165) is 11.1 Å². The number of nitrogens with one attached hydrogen (secondary N) is 1. The number of aryl methyl sites for hydroxylation is 1. The van der Waals surface area contributed by atoms with Crippen LogP contribution in [-0.2, 0) is 4.79 Å². The van der Waals surface area contributed by atoms with Crippen molar-refractivity contribution in [3.63, 3.8) is 0 Å². The summed E-state index contributed by atoms with van der Waals surface area (Å²) >= 11 is 7.28. The molecule has 0 saturated heterocycles. The third-order valence-corrected chi connectivity index (χ3v) is 4.28. The van der Waals surface area contributed by atoms with Crippen molar-refractivity contribution in [3.8, 4) is 11.5 Å². The summed E-state index contributed by atoms with van der Waals surface area (Å²) in [7, 11) is 0. The third kappa shape index (κ3) is 4.15. The molecule has 0 aliphatic heterocycles. The van der Waals surface area contributed by atoms with Gasteiger partial charge in [-0.3, -0.25) is 4.79 Å². The molecule has 0 radical (unpaired) electrons. The van der Waals surface area contributed by atoms with Gasteiger partial charge in [-0.05, 0) is 36.8 Å². The number of anilines is 1. The number of amides is 1. The average molecular weight is 360 g/mol. The van der Waals surface area contributed by atoms with Crippen molar-refractivity contribution in [1.29, 1.82) is 0 Å². The Morgan fingerprint density at radius 2 is 2.00 bits per heavy atom. The number of hydrogen-bond acceptors (Lipinski definition) is 5. The molecule has 7 heteroatoms. The molecule has 1 heterocycles. The first kappa shape index (κ1) is 16.5. The largest absolute Gasteiger partial charge is 0.411 e. The van der Waals surface area contributed by atoms with Crippen LogP contribution >= 0.6 is 23.4 Å². The molecule has 3 aromatic rings. The fourth-order valence-electron chi connectivity index (χ4n) is 2.00. The van der Waals surface area contributed by atoms with E-state index in [1.54, 1.807) is 12.1 Å². The van der Waals surface area contributed by atoms with Crippen LogP contribution in [0.1, 0.15) is 5.56 Å². The number of nitrogens with zero attached hydrogens (tertiary/aromatic N) is 2. The van der Waals surface area contributed by atoms with Gasteiger partial charge in [-0.1, -0.05) is 47.6 Å². The summed E-state index contributed by atoms with van der Waals surface area (Å²) < 4.78 is 5.54. The fraction of sp³-hybridized carbons (Fsp3) is 0.118. The Hall–Kier alpha value is -2.31. The van der Waals surface area contributed by atoms with Gasteiger partial charge in [-0.2, -0.15) is 0 Å². The van der Waals surface area contributed by atoms with E-state index < -0.39 is 0 Å². The van der Waals surface area contributed by atoms with Gasteiger partial charge in [0.25, 0.3) is 5.22 Å². The van der Waals surface area contributed by atoms with E-state index in [1.807, 2.05) is 43.3 Å². The van der Waals surface area contributed by atoms with E-state index in [-0.39, 0.29) is 11.7 Å². The molecule has 2 aromatic carbocycles. The quantitative estimate of drug-likeness (QED) is 0.682. The maximum Gasteiger partial charge on any atom is 0.277 e. The van der Waals surface area contributed by atoms with Crippen LogP contribution in [0.4, 0.5) is 5.69 Å². The predicted octanol–water partition coefficient (Wildman–Crippen LogP) is 4.43. The second-order valence-electron chi connectivity index (χ2n) is 5.06. The van der Waals surface area contributed by atoms with Gasteiger partial charge in [0, 0.05) is 5.56 Å². The Morgan fingerprint density at radius 3 is 2.75 bits per heavy atom. The lowest BCUT2D eigenvalue weighted by Gasteiger charge is -2.06. The number of thioether (sulfide) groups is 1. The number of benzene rings is 2. The van der Waals surface area contributed by atoms with E-state index in [4.69, 9.17) is 16.0 Å². The van der Waals surface area contributed by atoms with Gasteiger partial charge < -0.3 is 9.73 Å². The van der Waals surface area contributed by atoms with Crippen molar-refractivity contribution < 1.29 is 9.21 Å². The maximum absolute atomic E-state index is 12.0. The van der Waals surface area contributed by atoms with E-state index >= 15 is 0 Å². The highest BCUT2D eigenvalue weighted by atomic mass is 35.5. The molecule has 0 saturated carbocycles. The van der Waals surface area contributed by atoms with Crippen LogP contribution in [0.5, 0.6) is 0 Å². The van der Waals surface area contributed by atoms with Crippen LogP contribution in [-0.4, -0.2) is 21.9 Å². The van der Waals surface area contributed by atoms with Crippen LogP contribution in [0.15, 0.2) is 58.2 Å².